The Labute approximate surface area is 870 Å². The third kappa shape index (κ3) is 33.7. The van der Waals surface area contributed by atoms with Gasteiger partial charge >= 0.3 is 18.1 Å². The second kappa shape index (κ2) is 54.7. The standard InChI is InChI=1S/3C37H48N4O5/c3*1-25(2)34(41-20-12-19-38-37(41)45)36(44)39-30(21-28-15-7-5-8-16-28)23-32(42)31(22-29-17-9-6-10-18-29)40-33(43)24-46-35-26(3)13-11-14-27(35)4/h3*5-11,13-18,25,30-32,34,42H,12,19-24H2,1-4H3,(H,38,45)(H,39,44)(H,40,43)/t3*30-,31-,32-,34-/m000/s1/i3D3,4D3,6D,9D,10D,11D,13D,14D,17D,18D,22D2,31D;3D3,4D3,11D,12D2,13D,14D,19D2,20D2;6D,9D,10D,17D,18D,22D2,31D. The third-order valence-corrected chi connectivity index (χ3v) is 22.0. The molecule has 12 amide bonds. The molecule has 12 rings (SSSR count). The number of hydrogen-bond acceptors (Lipinski definition) is 15. The molecule has 3 saturated heterocycles. The summed E-state index contributed by atoms with van der Waals surface area (Å²) in [4.78, 5) is 125. The second-order valence-corrected chi connectivity index (χ2v) is 33.8. The lowest BCUT2D eigenvalue weighted by atomic mass is 9.92. The average Bonchev–Trinajstić information content (AvgIpc) is 0.711. The van der Waals surface area contributed by atoms with Gasteiger partial charge < -0.3 is 92.1 Å². The fraction of sp³-hybridized carbons (Fsp3) is 0.432. The van der Waals surface area contributed by atoms with Gasteiger partial charge in [0.25, 0.3) is 17.7 Å². The minimum Gasteiger partial charge on any atom is -0.483 e. The summed E-state index contributed by atoms with van der Waals surface area (Å²) in [7, 11) is 0. The molecule has 12 N–H and O–H groups in total. The van der Waals surface area contributed by atoms with Crippen molar-refractivity contribution in [1.82, 2.24) is 62.6 Å². The van der Waals surface area contributed by atoms with Gasteiger partial charge in [-0.25, -0.2) is 14.4 Å². The number of aliphatic hydroxyl groups is 3. The van der Waals surface area contributed by atoms with Crippen LogP contribution in [0.4, 0.5) is 14.4 Å². The van der Waals surface area contributed by atoms with Gasteiger partial charge in [-0.15, -0.1) is 0 Å². The van der Waals surface area contributed by atoms with Crippen molar-refractivity contribution in [3.05, 3.63) is 303 Å². The zero-order chi connectivity index (χ0) is 134. The molecule has 3 fully saturated rings. The number of nitrogens with zero attached hydrogens (tertiary/aromatic N) is 3. The fourth-order valence-electron chi connectivity index (χ4n) is 15.6. The monoisotopic (exact) mass is 1930 g/mol. The highest BCUT2D eigenvalue weighted by Gasteiger charge is 2.40. The van der Waals surface area contributed by atoms with E-state index in [4.69, 9.17) is 60.8 Å². The van der Waals surface area contributed by atoms with E-state index in [2.05, 4.69) is 37.2 Å². The molecule has 0 radical (unpaired) electrons. The predicted octanol–water partition coefficient (Wildman–Crippen LogP) is 13.0. The number of hydrogen-bond donors (Lipinski definition) is 12. The van der Waals surface area contributed by atoms with Gasteiger partial charge in [-0.05, 0) is 203 Å². The summed E-state index contributed by atoms with van der Waals surface area (Å²) in [6.45, 7) is -7.87. The van der Waals surface area contributed by atoms with Gasteiger partial charge in [0.1, 0.15) is 35.4 Å². The highest BCUT2D eigenvalue weighted by Crippen LogP contribution is 2.29. The van der Waals surface area contributed by atoms with Gasteiger partial charge in [0.05, 0.1) is 61.1 Å². The number of benzene rings is 9. The van der Waals surface area contributed by atoms with Crippen molar-refractivity contribution in [2.45, 2.75) is 232 Å². The number of urea groups is 3. The van der Waals surface area contributed by atoms with Gasteiger partial charge in [0.15, 0.2) is 19.8 Å². The van der Waals surface area contributed by atoms with Crippen LogP contribution in [0.1, 0.15) is 202 Å². The highest BCUT2D eigenvalue weighted by molar-refractivity contribution is 5.90. The van der Waals surface area contributed by atoms with Crippen LogP contribution in [0, 0.1) is 59.0 Å². The summed E-state index contributed by atoms with van der Waals surface area (Å²) in [5, 5.41) is 58.5. The largest absolute Gasteiger partial charge is 0.483 e. The Bertz CT molecular complexity index is 7310. The molecule has 9 aromatic carbocycles. The van der Waals surface area contributed by atoms with Crippen LogP contribution < -0.4 is 62.1 Å². The number of ether oxygens (including phenoxy) is 3. The number of para-hydroxylation sites is 3. The van der Waals surface area contributed by atoms with Crippen LogP contribution in [0.5, 0.6) is 17.2 Å². The van der Waals surface area contributed by atoms with E-state index in [9.17, 15) is 66.7 Å². The third-order valence-electron chi connectivity index (χ3n) is 22.0. The Balaban J connectivity index is 0.000000269. The smallest absolute Gasteiger partial charge is 0.318 e. The molecule has 3 aliphatic heterocycles. The van der Waals surface area contributed by atoms with Crippen LogP contribution in [-0.2, 0) is 67.2 Å². The van der Waals surface area contributed by atoms with Crippen molar-refractivity contribution in [3.8, 4) is 17.2 Å². The van der Waals surface area contributed by atoms with E-state index < -0.39 is 372 Å². The first-order valence-electron chi connectivity index (χ1n) is 64.9. The van der Waals surface area contributed by atoms with E-state index in [1.807, 2.05) is 10.6 Å². The van der Waals surface area contributed by atoms with Crippen LogP contribution in [0.2, 0.25) is 0 Å². The van der Waals surface area contributed by atoms with Crippen molar-refractivity contribution in [3.63, 3.8) is 0 Å². The Kier molecular flexibility index (Phi) is 25.1. The zero-order valence-electron chi connectivity index (χ0n) is 118. The number of carbonyl (C=O) groups is 9. The lowest BCUT2D eigenvalue weighted by molar-refractivity contribution is -0.129. The molecule has 3 aliphatic rings. The maximum atomic E-state index is 14.2. The minimum absolute atomic E-state index is 0.0259. The molecule has 27 heteroatoms. The Morgan fingerprint density at radius 1 is 0.399 bits per heavy atom. The van der Waals surface area contributed by atoms with Crippen LogP contribution in [0.3, 0.4) is 0 Å². The Morgan fingerprint density at radius 3 is 1.07 bits per heavy atom. The van der Waals surface area contributed by atoms with E-state index in [1.54, 1.807) is 181 Å². The topological polar surface area (TPSA) is 360 Å². The van der Waals surface area contributed by atoms with Crippen LogP contribution >= 0.6 is 0 Å². The van der Waals surface area contributed by atoms with Crippen molar-refractivity contribution in [1.29, 1.82) is 0 Å². The molecule has 0 unspecified atom stereocenters. The number of nitrogens with one attached hydrogen (secondary N) is 9. The summed E-state index contributed by atoms with van der Waals surface area (Å²) in [6.07, 6.45) is -16.9. The van der Waals surface area contributed by atoms with E-state index >= 15 is 0 Å². The van der Waals surface area contributed by atoms with Gasteiger partial charge in [-0.3, -0.25) is 28.8 Å². The van der Waals surface area contributed by atoms with E-state index in [0.29, 0.717) is 76.5 Å². The zero-order valence-corrected chi connectivity index (χ0v) is 77.7. The predicted molar refractivity (Wildman–Crippen MR) is 539 cm³/mol. The summed E-state index contributed by atoms with van der Waals surface area (Å²) < 4.78 is 349. The second-order valence-electron chi connectivity index (χ2n) is 33.8. The summed E-state index contributed by atoms with van der Waals surface area (Å²) in [5.74, 6) is -9.13. The first kappa shape index (κ1) is 63.4. The quantitative estimate of drug-likeness (QED) is 0.0169. The normalized spacial score (nSPS) is 22.1. The van der Waals surface area contributed by atoms with Crippen LogP contribution in [0.25, 0.3) is 0 Å². The summed E-state index contributed by atoms with van der Waals surface area (Å²) in [6, 6.07) is 6.96. The fourth-order valence-corrected chi connectivity index (χ4v) is 15.6. The van der Waals surface area contributed by atoms with Gasteiger partial charge in [0, 0.05) is 87.5 Å². The first-order chi connectivity index (χ1) is 82.3. The molecule has 0 saturated carbocycles. The summed E-state index contributed by atoms with van der Waals surface area (Å²) in [5.41, 5.74) is -2.36. The molecule has 3 heterocycles. The molecule has 27 nitrogen and oxygen atoms in total. The van der Waals surface area contributed by atoms with E-state index in [0.717, 1.165) is 0 Å². The molecule has 0 bridgehead atoms. The average molecular weight is 1930 g/mol. The van der Waals surface area contributed by atoms with Crippen LogP contribution in [-0.4, -0.2) is 215 Å². The molecule has 9 aromatic rings. The Hall–Kier alpha value is -13.1. The minimum atomic E-state index is -3.63. The molecule has 12 atom stereocenters. The van der Waals surface area contributed by atoms with E-state index in [-0.39, 0.29) is 44.6 Å². The van der Waals surface area contributed by atoms with Crippen molar-refractivity contribution in [2.24, 2.45) is 17.8 Å². The lowest BCUT2D eigenvalue weighted by Crippen LogP contribution is -2.59. The van der Waals surface area contributed by atoms with Crippen LogP contribution in [0.15, 0.2) is 236 Å². The maximum absolute atomic E-state index is 14.2. The van der Waals surface area contributed by atoms with Gasteiger partial charge in [0.2, 0.25) is 17.7 Å². The number of aliphatic hydroxyl groups excluding tert-OH is 3. The Morgan fingerprint density at radius 2 is 0.725 bits per heavy atom. The first-order valence-corrected chi connectivity index (χ1v) is 44.9. The van der Waals surface area contributed by atoms with Crippen molar-refractivity contribution in [2.75, 3.05) is 59.0 Å². The van der Waals surface area contributed by atoms with E-state index in [1.165, 1.54) is 23.6 Å². The van der Waals surface area contributed by atoms with Gasteiger partial charge in [-0.1, -0.05) is 278 Å². The molecule has 0 spiro atoms. The summed E-state index contributed by atoms with van der Waals surface area (Å²) >= 11 is 0. The number of amides is 12. The maximum Gasteiger partial charge on any atom is 0.318 e. The molecular formula is C111H144N12O15. The molecule has 138 heavy (non-hydrogen) atoms. The molecule has 738 valence electrons. The van der Waals surface area contributed by atoms with Crippen molar-refractivity contribution < 1.29 is 128 Å². The SMILES string of the molecule is [2H]c1c([2H])c(C([2H])([2H])[2H])c(OCC(=O)N[C@@H](Cc2ccccc2)[C@@H](O)C[C@H](Cc2ccccc2)NC(=O)[C@H](C(C)C)N2C(=O)NC([2H])([2H])C([2H])([2H])C2([2H])[2H])c(C([2H])([2H])[2H])c1[2H].[2H]c1c([2H])c([2H])c(C([2H])([2H])[C@]([2H])(NC(=O)COc2c(C([2H])([2H])[2H])c([2H])c([2H])c([2H])c2C([2H])([2H])[2H])[C@@H](O)C[C@H](Cc2ccccc2)NC(=O)[C@H](C(C)C)N2CCCNC2=O)c([2H])c1[2H].[2H]c1c([2H])c([2H])c(C([2H])([2H])[C@]([2H])(NC(=O)COc2c(C)cccc2C)[C@@H](O)C[C@H](Cc2ccccc2)NC(=O)[C@H](C(C)C)N2CCCNC2=O)c([2H])c1[2H]. The van der Waals surface area contributed by atoms with Crippen molar-refractivity contribution >= 4 is 53.5 Å². The number of rotatable bonds is 45. The molecule has 0 aliphatic carbocycles. The molecule has 0 aromatic heterocycles. The number of aryl methyl sites for hydroxylation is 2. The molecular weight excluding hydrogens is 1740 g/mol. The van der Waals surface area contributed by atoms with Gasteiger partial charge in [-0.2, -0.15) is 0 Å². The highest BCUT2D eigenvalue weighted by atomic mass is 16.5. The number of carbonyl (C=O) groups excluding carboxylic acids is 9. The lowest BCUT2D eigenvalue weighted by Gasteiger charge is -2.37.